The fourth-order valence-electron chi connectivity index (χ4n) is 1.89. The molecule has 6 nitrogen and oxygen atoms in total. The van der Waals surface area contributed by atoms with Gasteiger partial charge in [-0.2, -0.15) is 5.10 Å². The van der Waals surface area contributed by atoms with Crippen LogP contribution in [0.5, 0.6) is 0 Å². The molecule has 0 saturated heterocycles. The second kappa shape index (κ2) is 4.14. The van der Waals surface area contributed by atoms with E-state index in [0.29, 0.717) is 0 Å². The summed E-state index contributed by atoms with van der Waals surface area (Å²) >= 11 is 0. The number of nitrogens with zero attached hydrogens (tertiary/aromatic N) is 5. The fraction of sp³-hybridized carbons (Fsp3) is 0.250. The molecule has 1 N–H and O–H groups in total. The third-order valence-corrected chi connectivity index (χ3v) is 2.86. The van der Waals surface area contributed by atoms with E-state index in [9.17, 15) is 0 Å². The standard InChI is InChI=1S/C12H14N6/c1-3-18-7-9(6-15-18)16-12-11-10(4-5-13-12)17(2)8-14-11/h4-8H,3H2,1-2H3,(H,13,16). The van der Waals surface area contributed by atoms with Crippen LogP contribution in [0.25, 0.3) is 11.0 Å². The highest BCUT2D eigenvalue weighted by Gasteiger charge is 2.07. The predicted octanol–water partition coefficient (Wildman–Crippen LogP) is 1.93. The first-order valence-corrected chi connectivity index (χ1v) is 5.83. The summed E-state index contributed by atoms with van der Waals surface area (Å²) in [5, 5.41) is 7.46. The lowest BCUT2D eigenvalue weighted by Gasteiger charge is -2.03. The van der Waals surface area contributed by atoms with Gasteiger partial charge in [-0.05, 0) is 13.0 Å². The molecule has 3 rings (SSSR count). The molecule has 0 spiro atoms. The Morgan fingerprint density at radius 2 is 2.22 bits per heavy atom. The van der Waals surface area contributed by atoms with E-state index in [1.165, 1.54) is 0 Å². The molecule has 0 aliphatic carbocycles. The minimum absolute atomic E-state index is 0.753. The van der Waals surface area contributed by atoms with E-state index in [0.717, 1.165) is 29.1 Å². The van der Waals surface area contributed by atoms with Gasteiger partial charge in [0.05, 0.1) is 23.7 Å². The molecule has 3 aromatic rings. The van der Waals surface area contributed by atoms with Gasteiger partial charge in [-0.3, -0.25) is 4.68 Å². The van der Waals surface area contributed by atoms with Crippen molar-refractivity contribution in [1.82, 2.24) is 24.3 Å². The fourth-order valence-corrected chi connectivity index (χ4v) is 1.89. The Morgan fingerprint density at radius 3 is 3.00 bits per heavy atom. The number of rotatable bonds is 3. The van der Waals surface area contributed by atoms with Gasteiger partial charge in [0, 0.05) is 26.0 Å². The van der Waals surface area contributed by atoms with Gasteiger partial charge in [-0.15, -0.1) is 0 Å². The average molecular weight is 242 g/mol. The van der Waals surface area contributed by atoms with Crippen LogP contribution in [0.3, 0.4) is 0 Å². The van der Waals surface area contributed by atoms with E-state index >= 15 is 0 Å². The second-order valence-corrected chi connectivity index (χ2v) is 4.09. The van der Waals surface area contributed by atoms with Crippen LogP contribution in [-0.4, -0.2) is 24.3 Å². The maximum absolute atomic E-state index is 4.35. The van der Waals surface area contributed by atoms with Gasteiger partial charge in [-0.25, -0.2) is 9.97 Å². The van der Waals surface area contributed by atoms with Crippen molar-refractivity contribution >= 4 is 22.5 Å². The zero-order valence-electron chi connectivity index (χ0n) is 10.3. The van der Waals surface area contributed by atoms with Crippen molar-refractivity contribution in [3.63, 3.8) is 0 Å². The number of aryl methyl sites for hydroxylation is 2. The van der Waals surface area contributed by atoms with Gasteiger partial charge in [0.2, 0.25) is 0 Å². The summed E-state index contributed by atoms with van der Waals surface area (Å²) in [7, 11) is 1.97. The number of nitrogens with one attached hydrogen (secondary N) is 1. The largest absolute Gasteiger partial charge is 0.336 e. The van der Waals surface area contributed by atoms with Crippen molar-refractivity contribution in [3.05, 3.63) is 31.0 Å². The molecule has 92 valence electrons. The number of hydrogen-bond acceptors (Lipinski definition) is 4. The van der Waals surface area contributed by atoms with E-state index in [1.807, 2.05) is 28.6 Å². The number of fused-ring (bicyclic) bond motifs is 1. The first kappa shape index (κ1) is 10.8. The summed E-state index contributed by atoms with van der Waals surface area (Å²) in [4.78, 5) is 8.68. The van der Waals surface area contributed by atoms with E-state index in [1.54, 1.807) is 18.7 Å². The summed E-state index contributed by atoms with van der Waals surface area (Å²) < 4.78 is 3.83. The zero-order valence-corrected chi connectivity index (χ0v) is 10.3. The Bertz CT molecular complexity index is 681. The molecule has 0 fully saturated rings. The lowest BCUT2D eigenvalue weighted by Crippen LogP contribution is -1.95. The van der Waals surface area contributed by atoms with Crippen molar-refractivity contribution in [3.8, 4) is 0 Å². The summed E-state index contributed by atoms with van der Waals surface area (Å²) in [6, 6.07) is 1.95. The lowest BCUT2D eigenvalue weighted by molar-refractivity contribution is 0.660. The first-order valence-electron chi connectivity index (χ1n) is 5.83. The third-order valence-electron chi connectivity index (χ3n) is 2.86. The van der Waals surface area contributed by atoms with Crippen LogP contribution in [0.4, 0.5) is 11.5 Å². The van der Waals surface area contributed by atoms with Crippen molar-refractivity contribution in [1.29, 1.82) is 0 Å². The van der Waals surface area contributed by atoms with E-state index in [4.69, 9.17) is 0 Å². The molecular weight excluding hydrogens is 228 g/mol. The molecule has 0 radical (unpaired) electrons. The monoisotopic (exact) mass is 242 g/mol. The summed E-state index contributed by atoms with van der Waals surface area (Å²) in [6.07, 6.45) is 7.29. The van der Waals surface area contributed by atoms with E-state index in [2.05, 4.69) is 27.3 Å². The lowest BCUT2D eigenvalue weighted by atomic mass is 10.3. The summed E-state index contributed by atoms with van der Waals surface area (Å²) in [5.41, 5.74) is 2.84. The molecule has 0 aliphatic heterocycles. The van der Waals surface area contributed by atoms with Crippen LogP contribution in [-0.2, 0) is 13.6 Å². The highest BCUT2D eigenvalue weighted by molar-refractivity contribution is 5.87. The molecule has 18 heavy (non-hydrogen) atoms. The molecule has 6 heteroatoms. The van der Waals surface area contributed by atoms with Gasteiger partial charge >= 0.3 is 0 Å². The summed E-state index contributed by atoms with van der Waals surface area (Å²) in [6.45, 7) is 2.90. The van der Waals surface area contributed by atoms with Crippen molar-refractivity contribution in [2.45, 2.75) is 13.5 Å². The SMILES string of the molecule is CCn1cc(Nc2nccc3c2ncn3C)cn1. The second-order valence-electron chi connectivity index (χ2n) is 4.09. The molecule has 0 aliphatic rings. The summed E-state index contributed by atoms with van der Waals surface area (Å²) in [5.74, 6) is 0.753. The van der Waals surface area contributed by atoms with Crippen LogP contribution in [0, 0.1) is 0 Å². The third kappa shape index (κ3) is 1.71. The Kier molecular flexibility index (Phi) is 2.47. The van der Waals surface area contributed by atoms with Crippen LogP contribution < -0.4 is 5.32 Å². The Hall–Kier alpha value is -2.37. The molecule has 0 saturated carbocycles. The minimum atomic E-state index is 0.753. The molecule has 3 heterocycles. The van der Waals surface area contributed by atoms with Crippen LogP contribution in [0.1, 0.15) is 6.92 Å². The van der Waals surface area contributed by atoms with Crippen LogP contribution in [0.15, 0.2) is 31.0 Å². The van der Waals surface area contributed by atoms with Crippen molar-refractivity contribution in [2.75, 3.05) is 5.32 Å². The maximum atomic E-state index is 4.35. The predicted molar refractivity (Wildman–Crippen MR) is 69.7 cm³/mol. The highest BCUT2D eigenvalue weighted by Crippen LogP contribution is 2.22. The van der Waals surface area contributed by atoms with Crippen molar-refractivity contribution in [2.24, 2.45) is 7.05 Å². The number of pyridine rings is 1. The normalized spacial score (nSPS) is 11.0. The highest BCUT2D eigenvalue weighted by atomic mass is 15.3. The molecule has 0 bridgehead atoms. The topological polar surface area (TPSA) is 60.6 Å². The van der Waals surface area contributed by atoms with Gasteiger partial charge in [0.25, 0.3) is 0 Å². The number of imidazole rings is 1. The molecule has 3 aromatic heterocycles. The van der Waals surface area contributed by atoms with Gasteiger partial charge in [0.15, 0.2) is 5.82 Å². The zero-order chi connectivity index (χ0) is 12.5. The minimum Gasteiger partial charge on any atom is -0.336 e. The quantitative estimate of drug-likeness (QED) is 0.762. The van der Waals surface area contributed by atoms with Crippen LogP contribution >= 0.6 is 0 Å². The van der Waals surface area contributed by atoms with Crippen LogP contribution in [0.2, 0.25) is 0 Å². The maximum Gasteiger partial charge on any atom is 0.158 e. The molecule has 0 unspecified atom stereocenters. The average Bonchev–Trinajstić information content (AvgIpc) is 2.98. The molecular formula is C12H14N6. The Labute approximate surface area is 104 Å². The van der Waals surface area contributed by atoms with E-state index < -0.39 is 0 Å². The van der Waals surface area contributed by atoms with E-state index in [-0.39, 0.29) is 0 Å². The van der Waals surface area contributed by atoms with Gasteiger partial charge < -0.3 is 9.88 Å². The molecule has 0 aromatic carbocycles. The number of aromatic nitrogens is 5. The Morgan fingerprint density at radius 1 is 1.33 bits per heavy atom. The molecule has 0 amide bonds. The first-order chi connectivity index (χ1) is 8.78. The number of hydrogen-bond donors (Lipinski definition) is 1. The Balaban J connectivity index is 1.99. The number of anilines is 2. The van der Waals surface area contributed by atoms with Gasteiger partial charge in [-0.1, -0.05) is 0 Å². The smallest absolute Gasteiger partial charge is 0.158 e. The van der Waals surface area contributed by atoms with Crippen molar-refractivity contribution < 1.29 is 0 Å². The van der Waals surface area contributed by atoms with Gasteiger partial charge in [0.1, 0.15) is 5.52 Å². The molecule has 0 atom stereocenters.